The predicted octanol–water partition coefficient (Wildman–Crippen LogP) is 4.33. The van der Waals surface area contributed by atoms with Crippen molar-refractivity contribution >= 4 is 23.5 Å². The van der Waals surface area contributed by atoms with Gasteiger partial charge in [0.2, 0.25) is 11.7 Å². The molecule has 8 heteroatoms. The topological polar surface area (TPSA) is 65.1 Å². The first-order valence-corrected chi connectivity index (χ1v) is 9.26. The van der Waals surface area contributed by atoms with E-state index in [0.717, 1.165) is 12.1 Å². The molecule has 0 atom stereocenters. The highest BCUT2D eigenvalue weighted by molar-refractivity contribution is 6.07. The first kappa shape index (κ1) is 21.3. The first-order chi connectivity index (χ1) is 14.4. The molecule has 1 heterocycles. The molecule has 2 aromatic rings. The van der Waals surface area contributed by atoms with Crippen molar-refractivity contribution in [2.45, 2.75) is 19.5 Å². The number of rotatable bonds is 8. The monoisotopic (exact) mass is 417 g/mol. The fourth-order valence-corrected chi connectivity index (χ4v) is 3.20. The number of hydrogen-bond donors (Lipinski definition) is 0. The molecular weight excluding hydrogens is 396 g/mol. The minimum Gasteiger partial charge on any atom is -0.493 e. The summed E-state index contributed by atoms with van der Waals surface area (Å²) in [7, 11) is 2.64. The smallest absolute Gasteiger partial charge is 0.387 e. The van der Waals surface area contributed by atoms with Crippen LogP contribution >= 0.6 is 0 Å². The Bertz CT molecular complexity index is 931. The third-order valence-electron chi connectivity index (χ3n) is 4.65. The lowest BCUT2D eigenvalue weighted by atomic mass is 10.1. The minimum atomic E-state index is -3.03. The van der Waals surface area contributed by atoms with Crippen molar-refractivity contribution in [3.05, 3.63) is 53.6 Å². The van der Waals surface area contributed by atoms with E-state index >= 15 is 0 Å². The zero-order chi connectivity index (χ0) is 21.7. The van der Waals surface area contributed by atoms with Crippen molar-refractivity contribution in [3.63, 3.8) is 0 Å². The largest absolute Gasteiger partial charge is 0.493 e. The summed E-state index contributed by atoms with van der Waals surface area (Å²) < 4.78 is 39.9. The van der Waals surface area contributed by atoms with Crippen LogP contribution in [0.25, 0.3) is 6.08 Å². The van der Waals surface area contributed by atoms with Crippen LogP contribution in [0.2, 0.25) is 0 Å². The van der Waals surface area contributed by atoms with E-state index in [4.69, 9.17) is 9.47 Å². The standard InChI is InChI=1S/C22H21F2NO5/c1-28-18-12-14(13-19(29-2)21(18)30-22(23)24)5-10-17(26)15-6-8-16(9-7-15)25-11-3-4-20(25)27/h5-10,12-13,22H,3-4,11H2,1-2H3/b10-5+. The SMILES string of the molecule is COc1cc(/C=C/C(=O)c2ccc(N3CCCC3=O)cc2)cc(OC)c1OC(F)F. The van der Waals surface area contributed by atoms with Gasteiger partial charge in [-0.1, -0.05) is 6.08 Å². The van der Waals surface area contributed by atoms with Gasteiger partial charge in [0.1, 0.15) is 0 Å². The Morgan fingerprint density at radius 1 is 1.10 bits per heavy atom. The number of halogens is 2. The summed E-state index contributed by atoms with van der Waals surface area (Å²) in [5.41, 5.74) is 1.73. The lowest BCUT2D eigenvalue weighted by Crippen LogP contribution is -2.23. The van der Waals surface area contributed by atoms with Crippen LogP contribution in [-0.4, -0.2) is 39.1 Å². The van der Waals surface area contributed by atoms with E-state index in [9.17, 15) is 18.4 Å². The van der Waals surface area contributed by atoms with Gasteiger partial charge in [0.25, 0.3) is 0 Å². The maximum absolute atomic E-state index is 12.6. The molecule has 1 aliphatic heterocycles. The Labute approximate surface area is 172 Å². The average Bonchev–Trinajstić information content (AvgIpc) is 3.18. The predicted molar refractivity (Wildman–Crippen MR) is 108 cm³/mol. The van der Waals surface area contributed by atoms with Crippen LogP contribution in [0.3, 0.4) is 0 Å². The average molecular weight is 417 g/mol. The summed E-state index contributed by atoms with van der Waals surface area (Å²) in [6.07, 6.45) is 4.25. The van der Waals surface area contributed by atoms with Gasteiger partial charge in [0.15, 0.2) is 17.3 Å². The van der Waals surface area contributed by atoms with Crippen LogP contribution in [0.15, 0.2) is 42.5 Å². The molecule has 0 bridgehead atoms. The molecule has 3 rings (SSSR count). The van der Waals surface area contributed by atoms with E-state index in [2.05, 4.69) is 4.74 Å². The number of anilines is 1. The number of ketones is 1. The summed E-state index contributed by atoms with van der Waals surface area (Å²) in [4.78, 5) is 26.0. The van der Waals surface area contributed by atoms with Crippen molar-refractivity contribution in [2.24, 2.45) is 0 Å². The highest BCUT2D eigenvalue weighted by atomic mass is 19.3. The molecule has 1 fully saturated rings. The van der Waals surface area contributed by atoms with Crippen molar-refractivity contribution in [3.8, 4) is 17.2 Å². The molecule has 0 aromatic heterocycles. The Balaban J connectivity index is 1.77. The van der Waals surface area contributed by atoms with Gasteiger partial charge in [0.05, 0.1) is 14.2 Å². The lowest BCUT2D eigenvalue weighted by Gasteiger charge is -2.15. The number of carbonyl (C=O) groups is 2. The second-order valence-electron chi connectivity index (χ2n) is 6.53. The third-order valence-corrected chi connectivity index (χ3v) is 4.65. The lowest BCUT2D eigenvalue weighted by molar-refractivity contribution is -0.117. The summed E-state index contributed by atoms with van der Waals surface area (Å²) in [5.74, 6) is -0.274. The molecule has 2 aromatic carbocycles. The zero-order valence-electron chi connectivity index (χ0n) is 16.6. The van der Waals surface area contributed by atoms with Gasteiger partial charge in [0, 0.05) is 24.2 Å². The van der Waals surface area contributed by atoms with Crippen LogP contribution in [-0.2, 0) is 4.79 Å². The molecule has 0 aliphatic carbocycles. The molecule has 1 amide bonds. The molecule has 0 spiro atoms. The van der Waals surface area contributed by atoms with E-state index in [0.29, 0.717) is 24.1 Å². The Hall–Kier alpha value is -3.42. The molecule has 158 valence electrons. The number of alkyl halides is 2. The molecule has 6 nitrogen and oxygen atoms in total. The van der Waals surface area contributed by atoms with Crippen LogP contribution in [0.5, 0.6) is 17.2 Å². The van der Waals surface area contributed by atoms with Gasteiger partial charge >= 0.3 is 6.61 Å². The number of carbonyl (C=O) groups excluding carboxylic acids is 2. The molecule has 0 saturated carbocycles. The number of hydrogen-bond acceptors (Lipinski definition) is 5. The number of amides is 1. The number of ether oxygens (including phenoxy) is 3. The van der Waals surface area contributed by atoms with Gasteiger partial charge in [-0.2, -0.15) is 8.78 Å². The summed E-state index contributed by atoms with van der Waals surface area (Å²) >= 11 is 0. The van der Waals surface area contributed by atoms with Gasteiger partial charge in [-0.25, -0.2) is 0 Å². The Morgan fingerprint density at radius 2 is 1.73 bits per heavy atom. The van der Waals surface area contributed by atoms with Crippen LogP contribution in [0, 0.1) is 0 Å². The summed E-state index contributed by atoms with van der Waals surface area (Å²) in [5, 5.41) is 0. The van der Waals surface area contributed by atoms with Gasteiger partial charge < -0.3 is 19.1 Å². The number of benzene rings is 2. The van der Waals surface area contributed by atoms with Crippen molar-refractivity contribution in [2.75, 3.05) is 25.7 Å². The molecule has 0 radical (unpaired) electrons. The normalized spacial score (nSPS) is 13.9. The summed E-state index contributed by atoms with van der Waals surface area (Å²) in [6, 6.07) is 9.74. The molecule has 30 heavy (non-hydrogen) atoms. The highest BCUT2D eigenvalue weighted by Crippen LogP contribution is 2.39. The molecule has 1 aliphatic rings. The third kappa shape index (κ3) is 4.76. The van der Waals surface area contributed by atoms with Crippen molar-refractivity contribution in [1.29, 1.82) is 0 Å². The minimum absolute atomic E-state index is 0.0568. The van der Waals surface area contributed by atoms with Crippen LogP contribution < -0.4 is 19.1 Å². The molecule has 0 unspecified atom stereocenters. The second kappa shape index (κ2) is 9.39. The number of allylic oxidation sites excluding steroid dienone is 1. The van der Waals surface area contributed by atoms with Crippen molar-refractivity contribution < 1.29 is 32.6 Å². The molecule has 0 N–H and O–H groups in total. The van der Waals surface area contributed by atoms with Crippen molar-refractivity contribution in [1.82, 2.24) is 0 Å². The van der Waals surface area contributed by atoms with Crippen LogP contribution in [0.1, 0.15) is 28.8 Å². The zero-order valence-corrected chi connectivity index (χ0v) is 16.6. The van der Waals surface area contributed by atoms with Gasteiger partial charge in [-0.15, -0.1) is 0 Å². The van der Waals surface area contributed by atoms with Crippen LogP contribution in [0.4, 0.5) is 14.5 Å². The summed E-state index contributed by atoms with van der Waals surface area (Å²) in [6.45, 7) is -2.35. The fourth-order valence-electron chi connectivity index (χ4n) is 3.20. The maximum atomic E-state index is 12.6. The van der Waals surface area contributed by atoms with E-state index < -0.39 is 6.61 Å². The van der Waals surface area contributed by atoms with E-state index in [1.807, 2.05) is 0 Å². The van der Waals surface area contributed by atoms with Gasteiger partial charge in [-0.05, 0) is 54.5 Å². The highest BCUT2D eigenvalue weighted by Gasteiger charge is 2.21. The molecule has 1 saturated heterocycles. The van der Waals surface area contributed by atoms with E-state index in [1.165, 1.54) is 38.5 Å². The second-order valence-corrected chi connectivity index (χ2v) is 6.53. The molecular formula is C22H21F2NO5. The fraction of sp³-hybridized carbons (Fsp3) is 0.273. The van der Waals surface area contributed by atoms with E-state index in [-0.39, 0.29) is 28.9 Å². The van der Waals surface area contributed by atoms with E-state index in [1.54, 1.807) is 29.2 Å². The Morgan fingerprint density at radius 3 is 2.23 bits per heavy atom. The van der Waals surface area contributed by atoms with Gasteiger partial charge in [-0.3, -0.25) is 9.59 Å². The number of nitrogens with zero attached hydrogens (tertiary/aromatic N) is 1. The first-order valence-electron chi connectivity index (χ1n) is 9.26. The number of methoxy groups -OCH3 is 2. The Kier molecular flexibility index (Phi) is 6.66. The quantitative estimate of drug-likeness (QED) is 0.473. The maximum Gasteiger partial charge on any atom is 0.387 e.